The highest BCUT2D eigenvalue weighted by Gasteiger charge is 2.11. The van der Waals surface area contributed by atoms with Crippen molar-refractivity contribution in [2.75, 3.05) is 5.32 Å². The van der Waals surface area contributed by atoms with Crippen LogP contribution >= 0.6 is 22.7 Å². The van der Waals surface area contributed by atoms with Gasteiger partial charge in [0.15, 0.2) is 5.13 Å². The van der Waals surface area contributed by atoms with E-state index in [-0.39, 0.29) is 5.91 Å². The Balaban J connectivity index is 1.58. The minimum atomic E-state index is -0.210. The number of rotatable bonds is 6. The first-order chi connectivity index (χ1) is 13.3. The molecule has 7 heteroatoms. The number of thiazole rings is 1. The molecule has 4 aromatic rings. The zero-order chi connectivity index (χ0) is 18.5. The minimum absolute atomic E-state index is 0.210. The van der Waals surface area contributed by atoms with E-state index in [4.69, 9.17) is 5.10 Å². The molecule has 4 rings (SSSR count). The molecule has 1 N–H and O–H groups in total. The van der Waals surface area contributed by atoms with Crippen LogP contribution in [0.15, 0.2) is 71.7 Å². The molecular formula is C20H16N4OS2. The zero-order valence-corrected chi connectivity index (χ0v) is 15.9. The maximum Gasteiger partial charge on any atom is 0.250 e. The van der Waals surface area contributed by atoms with Crippen LogP contribution in [0.25, 0.3) is 16.6 Å². The first-order valence-electron chi connectivity index (χ1n) is 8.32. The topological polar surface area (TPSA) is 59.8 Å². The summed E-state index contributed by atoms with van der Waals surface area (Å²) in [6.07, 6.45) is 6.94. The van der Waals surface area contributed by atoms with Gasteiger partial charge in [0.2, 0.25) is 5.91 Å². The normalized spacial score (nSPS) is 11.1. The Labute approximate surface area is 164 Å². The monoisotopic (exact) mass is 392 g/mol. The summed E-state index contributed by atoms with van der Waals surface area (Å²) in [5.41, 5.74) is 2.96. The summed E-state index contributed by atoms with van der Waals surface area (Å²) < 4.78 is 1.91. The fourth-order valence-corrected chi connectivity index (χ4v) is 3.88. The van der Waals surface area contributed by atoms with E-state index in [0.717, 1.165) is 16.1 Å². The average Bonchev–Trinajstić information content (AvgIpc) is 3.43. The Hall–Kier alpha value is -3.03. The van der Waals surface area contributed by atoms with Gasteiger partial charge in [-0.2, -0.15) is 5.10 Å². The van der Waals surface area contributed by atoms with E-state index in [2.05, 4.69) is 22.4 Å². The van der Waals surface area contributed by atoms with Crippen molar-refractivity contribution >= 4 is 39.8 Å². The quantitative estimate of drug-likeness (QED) is 0.481. The molecule has 1 aromatic carbocycles. The van der Waals surface area contributed by atoms with Gasteiger partial charge < -0.3 is 0 Å². The number of thiophene rings is 1. The van der Waals surface area contributed by atoms with Crippen molar-refractivity contribution in [3.63, 3.8) is 0 Å². The third-order valence-electron chi connectivity index (χ3n) is 3.81. The van der Waals surface area contributed by atoms with Crippen molar-refractivity contribution < 1.29 is 4.79 Å². The van der Waals surface area contributed by atoms with Crippen LogP contribution in [-0.4, -0.2) is 20.7 Å². The standard InChI is InChI=1S/C20H16N4OS2/c25-18(22-20-21-10-12-27-20)9-8-16-14-24(13-15-5-2-1-3-6-15)23-19(16)17-7-4-11-26-17/h1-12,14H,13H2,(H,21,22,25)/b9-8+. The lowest BCUT2D eigenvalue weighted by Crippen LogP contribution is -2.07. The van der Waals surface area contributed by atoms with E-state index >= 15 is 0 Å². The number of carbonyl (C=O) groups is 1. The lowest BCUT2D eigenvalue weighted by molar-refractivity contribution is -0.111. The van der Waals surface area contributed by atoms with Crippen LogP contribution in [-0.2, 0) is 11.3 Å². The molecule has 27 heavy (non-hydrogen) atoms. The van der Waals surface area contributed by atoms with Gasteiger partial charge >= 0.3 is 0 Å². The summed E-state index contributed by atoms with van der Waals surface area (Å²) >= 11 is 3.02. The molecule has 134 valence electrons. The maximum absolute atomic E-state index is 12.1. The van der Waals surface area contributed by atoms with E-state index < -0.39 is 0 Å². The molecule has 0 saturated heterocycles. The van der Waals surface area contributed by atoms with Gasteiger partial charge in [-0.3, -0.25) is 14.8 Å². The van der Waals surface area contributed by atoms with Crippen molar-refractivity contribution in [3.05, 3.63) is 82.8 Å². The minimum Gasteiger partial charge on any atom is -0.298 e. The largest absolute Gasteiger partial charge is 0.298 e. The SMILES string of the molecule is O=C(/C=C/c1cn(Cc2ccccc2)nc1-c1cccs1)Nc1nccs1. The Morgan fingerprint density at radius 2 is 2.00 bits per heavy atom. The van der Waals surface area contributed by atoms with Gasteiger partial charge in [0.05, 0.1) is 11.4 Å². The highest BCUT2D eigenvalue weighted by Crippen LogP contribution is 2.27. The van der Waals surface area contributed by atoms with Crippen molar-refractivity contribution in [1.82, 2.24) is 14.8 Å². The van der Waals surface area contributed by atoms with Gasteiger partial charge in [0.25, 0.3) is 0 Å². The van der Waals surface area contributed by atoms with Crippen molar-refractivity contribution in [2.24, 2.45) is 0 Å². The lowest BCUT2D eigenvalue weighted by atomic mass is 10.2. The van der Waals surface area contributed by atoms with Crippen LogP contribution in [0.3, 0.4) is 0 Å². The number of amides is 1. The van der Waals surface area contributed by atoms with Crippen LogP contribution in [0.5, 0.6) is 0 Å². The zero-order valence-electron chi connectivity index (χ0n) is 14.3. The van der Waals surface area contributed by atoms with E-state index in [1.54, 1.807) is 23.6 Å². The Bertz CT molecular complexity index is 1040. The smallest absolute Gasteiger partial charge is 0.250 e. The van der Waals surface area contributed by atoms with Crippen LogP contribution in [0, 0.1) is 0 Å². The van der Waals surface area contributed by atoms with Crippen LogP contribution in [0.1, 0.15) is 11.1 Å². The fourth-order valence-electron chi connectivity index (χ4n) is 2.61. The van der Waals surface area contributed by atoms with Gasteiger partial charge in [-0.05, 0) is 23.1 Å². The van der Waals surface area contributed by atoms with Crippen molar-refractivity contribution in [1.29, 1.82) is 0 Å². The molecule has 0 bridgehead atoms. The second kappa shape index (κ2) is 8.11. The van der Waals surface area contributed by atoms with Crippen LogP contribution in [0.4, 0.5) is 5.13 Å². The van der Waals surface area contributed by atoms with E-state index in [0.29, 0.717) is 11.7 Å². The van der Waals surface area contributed by atoms with Crippen molar-refractivity contribution in [2.45, 2.75) is 6.54 Å². The van der Waals surface area contributed by atoms with Gasteiger partial charge in [-0.25, -0.2) is 4.98 Å². The molecule has 0 saturated carbocycles. The van der Waals surface area contributed by atoms with Crippen molar-refractivity contribution in [3.8, 4) is 10.6 Å². The summed E-state index contributed by atoms with van der Waals surface area (Å²) in [7, 11) is 0. The third kappa shape index (κ3) is 4.39. The number of nitrogens with one attached hydrogen (secondary N) is 1. The first kappa shape index (κ1) is 17.4. The van der Waals surface area contributed by atoms with E-state index in [1.165, 1.54) is 23.0 Å². The molecule has 0 aliphatic carbocycles. The van der Waals surface area contributed by atoms with Crippen LogP contribution < -0.4 is 5.32 Å². The van der Waals surface area contributed by atoms with E-state index in [9.17, 15) is 4.79 Å². The molecule has 0 aliphatic rings. The molecule has 0 atom stereocenters. The van der Waals surface area contributed by atoms with Gasteiger partial charge in [-0.15, -0.1) is 22.7 Å². The fraction of sp³-hybridized carbons (Fsp3) is 0.0500. The van der Waals surface area contributed by atoms with Gasteiger partial charge in [-0.1, -0.05) is 36.4 Å². The number of nitrogens with zero attached hydrogens (tertiary/aromatic N) is 3. The Morgan fingerprint density at radius 3 is 2.74 bits per heavy atom. The number of aromatic nitrogens is 3. The number of hydrogen-bond acceptors (Lipinski definition) is 5. The average molecular weight is 393 g/mol. The Morgan fingerprint density at radius 1 is 1.11 bits per heavy atom. The van der Waals surface area contributed by atoms with Crippen LogP contribution in [0.2, 0.25) is 0 Å². The summed E-state index contributed by atoms with van der Waals surface area (Å²) in [4.78, 5) is 17.3. The molecule has 3 aromatic heterocycles. The third-order valence-corrected chi connectivity index (χ3v) is 5.37. The maximum atomic E-state index is 12.1. The van der Waals surface area contributed by atoms with Gasteiger partial charge in [0.1, 0.15) is 5.69 Å². The number of benzene rings is 1. The number of carbonyl (C=O) groups excluding carboxylic acids is 1. The molecule has 5 nitrogen and oxygen atoms in total. The highest BCUT2D eigenvalue weighted by atomic mass is 32.1. The first-order valence-corrected chi connectivity index (χ1v) is 10.1. The summed E-state index contributed by atoms with van der Waals surface area (Å²) in [5.74, 6) is -0.210. The summed E-state index contributed by atoms with van der Waals surface area (Å²) in [5, 5.41) is 11.9. The second-order valence-electron chi connectivity index (χ2n) is 5.75. The molecule has 0 spiro atoms. The molecule has 0 radical (unpaired) electrons. The molecular weight excluding hydrogens is 376 g/mol. The molecule has 0 fully saturated rings. The van der Waals surface area contributed by atoms with E-state index in [1.807, 2.05) is 52.0 Å². The second-order valence-corrected chi connectivity index (χ2v) is 7.60. The summed E-state index contributed by atoms with van der Waals surface area (Å²) in [6.45, 7) is 0.679. The highest BCUT2D eigenvalue weighted by molar-refractivity contribution is 7.14. The molecule has 0 aliphatic heterocycles. The Kier molecular flexibility index (Phi) is 5.22. The molecule has 0 unspecified atom stereocenters. The van der Waals surface area contributed by atoms with Gasteiger partial charge in [0, 0.05) is 29.4 Å². The predicted octanol–water partition coefficient (Wildman–Crippen LogP) is 4.77. The predicted molar refractivity (Wildman–Crippen MR) is 111 cm³/mol. The molecule has 3 heterocycles. The number of hydrogen-bond donors (Lipinski definition) is 1. The lowest BCUT2D eigenvalue weighted by Gasteiger charge is -2.00. The molecule has 1 amide bonds. The number of anilines is 1. The summed E-state index contributed by atoms with van der Waals surface area (Å²) in [6, 6.07) is 14.2.